The molecule has 0 spiro atoms. The molecule has 0 bridgehead atoms. The molecule has 2 nitrogen and oxygen atoms in total. The van der Waals surface area contributed by atoms with Gasteiger partial charge in [-0.05, 0) is 37.4 Å². The van der Waals surface area contributed by atoms with E-state index in [2.05, 4.69) is 55.0 Å². The Morgan fingerprint density at radius 2 is 1.72 bits per heavy atom. The fourth-order valence-corrected chi connectivity index (χ4v) is 2.52. The lowest BCUT2D eigenvalue weighted by molar-refractivity contribution is 0.312. The van der Waals surface area contributed by atoms with Crippen molar-refractivity contribution in [1.29, 1.82) is 0 Å². The van der Waals surface area contributed by atoms with Gasteiger partial charge in [0.2, 0.25) is 0 Å². The van der Waals surface area contributed by atoms with Crippen molar-refractivity contribution in [3.05, 3.63) is 29.8 Å². The smallest absolute Gasteiger partial charge is 0.0399 e. The van der Waals surface area contributed by atoms with E-state index in [4.69, 9.17) is 0 Å². The van der Waals surface area contributed by atoms with Gasteiger partial charge in [-0.3, -0.25) is 0 Å². The Labute approximate surface area is 112 Å². The summed E-state index contributed by atoms with van der Waals surface area (Å²) in [5.74, 6) is 0.783. The quantitative estimate of drug-likeness (QED) is 0.806. The molecule has 1 heterocycles. The highest BCUT2D eigenvalue weighted by atomic mass is 15.2. The minimum absolute atomic E-state index is 0.783. The molecular formula is C16H26N2. The average Bonchev–Trinajstić information content (AvgIpc) is 2.38. The van der Waals surface area contributed by atoms with Crippen LogP contribution >= 0.6 is 0 Å². The molecule has 1 aromatic rings. The summed E-state index contributed by atoms with van der Waals surface area (Å²) in [6, 6.07) is 8.94. The molecule has 0 unspecified atom stereocenters. The number of anilines is 1. The number of para-hydroxylation sites is 1. The van der Waals surface area contributed by atoms with Crippen molar-refractivity contribution in [2.75, 3.05) is 38.1 Å². The molecule has 1 fully saturated rings. The number of rotatable bonds is 4. The van der Waals surface area contributed by atoms with E-state index in [0.29, 0.717) is 0 Å². The summed E-state index contributed by atoms with van der Waals surface area (Å²) in [5.41, 5.74) is 2.99. The number of hydrogen-bond acceptors (Lipinski definition) is 2. The van der Waals surface area contributed by atoms with Crippen LogP contribution < -0.4 is 4.90 Å². The summed E-state index contributed by atoms with van der Waals surface area (Å²) in [6.07, 6.45) is 2.49. The summed E-state index contributed by atoms with van der Waals surface area (Å²) in [7, 11) is 2.21. The molecule has 0 atom stereocenters. The van der Waals surface area contributed by atoms with Crippen LogP contribution in [0.25, 0.3) is 0 Å². The van der Waals surface area contributed by atoms with Gasteiger partial charge < -0.3 is 9.80 Å². The summed E-state index contributed by atoms with van der Waals surface area (Å²) >= 11 is 0. The highest BCUT2D eigenvalue weighted by molar-refractivity contribution is 5.54. The van der Waals surface area contributed by atoms with Gasteiger partial charge in [0.1, 0.15) is 0 Å². The second-order valence-electron chi connectivity index (χ2n) is 5.85. The first-order valence-corrected chi connectivity index (χ1v) is 7.18. The monoisotopic (exact) mass is 246 g/mol. The predicted octanol–water partition coefficient (Wildman–Crippen LogP) is 3.03. The summed E-state index contributed by atoms with van der Waals surface area (Å²) in [6.45, 7) is 9.29. The van der Waals surface area contributed by atoms with Crippen molar-refractivity contribution in [3.63, 3.8) is 0 Å². The molecule has 0 amide bonds. The Bertz CT molecular complexity index is 365. The molecule has 1 aliphatic heterocycles. The van der Waals surface area contributed by atoms with E-state index >= 15 is 0 Å². The van der Waals surface area contributed by atoms with E-state index in [1.807, 2.05) is 0 Å². The second-order valence-corrected chi connectivity index (χ2v) is 5.85. The van der Waals surface area contributed by atoms with Gasteiger partial charge >= 0.3 is 0 Å². The van der Waals surface area contributed by atoms with E-state index in [0.717, 1.165) is 19.0 Å². The number of hydrogen-bond donors (Lipinski definition) is 0. The maximum absolute atomic E-state index is 2.55. The highest BCUT2D eigenvalue weighted by Gasteiger charge is 2.16. The van der Waals surface area contributed by atoms with Gasteiger partial charge in [-0.25, -0.2) is 0 Å². The van der Waals surface area contributed by atoms with Crippen LogP contribution in [0.3, 0.4) is 0 Å². The Balaban J connectivity index is 2.07. The highest BCUT2D eigenvalue weighted by Crippen LogP contribution is 2.23. The molecule has 1 aromatic carbocycles. The van der Waals surface area contributed by atoms with Gasteiger partial charge in [-0.2, -0.15) is 0 Å². The van der Waals surface area contributed by atoms with E-state index in [1.165, 1.54) is 37.2 Å². The van der Waals surface area contributed by atoms with Gasteiger partial charge in [0.05, 0.1) is 0 Å². The van der Waals surface area contributed by atoms with Crippen molar-refractivity contribution in [1.82, 2.24) is 4.90 Å². The van der Waals surface area contributed by atoms with Crippen LogP contribution in [0.1, 0.15) is 25.8 Å². The van der Waals surface area contributed by atoms with Gasteiger partial charge in [0.15, 0.2) is 0 Å². The van der Waals surface area contributed by atoms with Gasteiger partial charge in [-0.15, -0.1) is 0 Å². The number of likely N-dealkylation sites (N-methyl/N-ethyl adjacent to an activating group) is 1. The first-order valence-electron chi connectivity index (χ1n) is 7.18. The van der Waals surface area contributed by atoms with Crippen molar-refractivity contribution >= 4 is 5.69 Å². The van der Waals surface area contributed by atoms with E-state index in [-0.39, 0.29) is 0 Å². The summed E-state index contributed by atoms with van der Waals surface area (Å²) in [5, 5.41) is 0. The molecule has 100 valence electrons. The minimum atomic E-state index is 0.783. The maximum atomic E-state index is 2.55. The Morgan fingerprint density at radius 1 is 1.06 bits per heavy atom. The Hall–Kier alpha value is -1.02. The first kappa shape index (κ1) is 13.4. The molecule has 18 heavy (non-hydrogen) atoms. The Morgan fingerprint density at radius 3 is 2.39 bits per heavy atom. The molecule has 0 radical (unpaired) electrons. The van der Waals surface area contributed by atoms with Crippen molar-refractivity contribution < 1.29 is 0 Å². The third-order valence-corrected chi connectivity index (χ3v) is 3.83. The molecule has 2 heteroatoms. The fraction of sp³-hybridized carbons (Fsp3) is 0.625. The number of aryl methyl sites for hydroxylation is 1. The van der Waals surface area contributed by atoms with E-state index < -0.39 is 0 Å². The predicted molar refractivity (Wildman–Crippen MR) is 79.3 cm³/mol. The van der Waals surface area contributed by atoms with Crippen LogP contribution in [0.4, 0.5) is 5.69 Å². The van der Waals surface area contributed by atoms with Crippen LogP contribution in [0.15, 0.2) is 24.3 Å². The zero-order valence-corrected chi connectivity index (χ0v) is 12.0. The van der Waals surface area contributed by atoms with Crippen LogP contribution in [0.5, 0.6) is 0 Å². The number of nitrogens with zero attached hydrogens (tertiary/aromatic N) is 2. The SMILES string of the molecule is CC(C)CCc1ccccc1N1CCN(C)CC1. The van der Waals surface area contributed by atoms with E-state index in [1.54, 1.807) is 0 Å². The second kappa shape index (κ2) is 6.24. The topological polar surface area (TPSA) is 6.48 Å². The number of benzene rings is 1. The van der Waals surface area contributed by atoms with Gasteiger partial charge in [0, 0.05) is 31.9 Å². The molecule has 0 saturated carbocycles. The fourth-order valence-electron chi connectivity index (χ4n) is 2.52. The number of piperazine rings is 1. The van der Waals surface area contributed by atoms with E-state index in [9.17, 15) is 0 Å². The van der Waals surface area contributed by atoms with Crippen molar-refractivity contribution in [3.8, 4) is 0 Å². The molecule has 1 aliphatic rings. The maximum Gasteiger partial charge on any atom is 0.0399 e. The lowest BCUT2D eigenvalue weighted by Crippen LogP contribution is -2.44. The molecule has 1 saturated heterocycles. The average molecular weight is 246 g/mol. The van der Waals surface area contributed by atoms with Crippen LogP contribution in [-0.4, -0.2) is 38.1 Å². The normalized spacial score (nSPS) is 17.4. The van der Waals surface area contributed by atoms with Crippen molar-refractivity contribution in [2.45, 2.75) is 26.7 Å². The zero-order chi connectivity index (χ0) is 13.0. The van der Waals surface area contributed by atoms with Gasteiger partial charge in [0.25, 0.3) is 0 Å². The molecule has 0 N–H and O–H groups in total. The summed E-state index contributed by atoms with van der Waals surface area (Å²) < 4.78 is 0. The zero-order valence-electron chi connectivity index (χ0n) is 12.0. The van der Waals surface area contributed by atoms with Crippen LogP contribution in [-0.2, 0) is 6.42 Å². The first-order chi connectivity index (χ1) is 8.66. The van der Waals surface area contributed by atoms with Gasteiger partial charge in [-0.1, -0.05) is 32.0 Å². The van der Waals surface area contributed by atoms with Crippen LogP contribution in [0.2, 0.25) is 0 Å². The molecule has 0 aromatic heterocycles. The van der Waals surface area contributed by atoms with Crippen LogP contribution in [0, 0.1) is 5.92 Å². The Kier molecular flexibility index (Phi) is 4.65. The molecule has 2 rings (SSSR count). The summed E-state index contributed by atoms with van der Waals surface area (Å²) in [4.78, 5) is 4.96. The standard InChI is InChI=1S/C16H26N2/c1-14(2)8-9-15-6-4-5-7-16(15)18-12-10-17(3)11-13-18/h4-7,14H,8-13H2,1-3H3. The molecule has 0 aliphatic carbocycles. The third kappa shape index (κ3) is 3.49. The van der Waals surface area contributed by atoms with Crippen molar-refractivity contribution in [2.24, 2.45) is 5.92 Å². The minimum Gasteiger partial charge on any atom is -0.369 e. The molecular weight excluding hydrogens is 220 g/mol. The third-order valence-electron chi connectivity index (χ3n) is 3.83. The lowest BCUT2D eigenvalue weighted by Gasteiger charge is -2.35. The largest absolute Gasteiger partial charge is 0.369 e. The lowest BCUT2D eigenvalue weighted by atomic mass is 10.0.